The molecule has 0 radical (unpaired) electrons. The van der Waals surface area contributed by atoms with Crippen molar-refractivity contribution in [3.05, 3.63) is 89.5 Å². The molecule has 0 unspecified atom stereocenters. The maximum atomic E-state index is 12.5. The lowest BCUT2D eigenvalue weighted by Crippen LogP contribution is -2.14. The van der Waals surface area contributed by atoms with E-state index in [-0.39, 0.29) is 17.6 Å². The van der Waals surface area contributed by atoms with Crippen LogP contribution >= 0.6 is 11.8 Å². The molecule has 4 aromatic rings. The second-order valence-corrected chi connectivity index (χ2v) is 8.86. The number of hydrogen-bond acceptors (Lipinski definition) is 5. The predicted molar refractivity (Wildman–Crippen MR) is 136 cm³/mol. The summed E-state index contributed by atoms with van der Waals surface area (Å²) in [5.74, 6) is 0.654. The van der Waals surface area contributed by atoms with Gasteiger partial charge in [-0.3, -0.25) is 9.59 Å². The number of aryl methyl sites for hydroxylation is 2. The van der Waals surface area contributed by atoms with Crippen LogP contribution in [0, 0.1) is 13.8 Å². The van der Waals surface area contributed by atoms with Gasteiger partial charge in [-0.25, -0.2) is 0 Å². The van der Waals surface area contributed by atoms with Crippen LogP contribution in [0.3, 0.4) is 0 Å². The van der Waals surface area contributed by atoms with Gasteiger partial charge in [-0.1, -0.05) is 47.7 Å². The number of aromatic nitrogens is 3. The van der Waals surface area contributed by atoms with Gasteiger partial charge in [0.05, 0.1) is 5.75 Å². The largest absolute Gasteiger partial charge is 0.325 e. The Morgan fingerprint density at radius 3 is 2.21 bits per heavy atom. The highest BCUT2D eigenvalue weighted by Gasteiger charge is 2.14. The monoisotopic (exact) mass is 471 g/mol. The summed E-state index contributed by atoms with van der Waals surface area (Å²) in [5.41, 5.74) is 5.03. The molecular formula is C26H25N5O2S. The van der Waals surface area contributed by atoms with Crippen molar-refractivity contribution < 1.29 is 9.59 Å². The van der Waals surface area contributed by atoms with E-state index >= 15 is 0 Å². The highest BCUT2D eigenvalue weighted by molar-refractivity contribution is 7.99. The van der Waals surface area contributed by atoms with E-state index in [1.807, 2.05) is 92.2 Å². The van der Waals surface area contributed by atoms with Crippen LogP contribution in [0.4, 0.5) is 11.4 Å². The van der Waals surface area contributed by atoms with E-state index in [0.717, 1.165) is 22.4 Å². The second kappa shape index (κ2) is 10.4. The van der Waals surface area contributed by atoms with Gasteiger partial charge in [0.15, 0.2) is 11.0 Å². The Balaban J connectivity index is 1.37. The Morgan fingerprint density at radius 1 is 0.853 bits per heavy atom. The first-order valence-corrected chi connectivity index (χ1v) is 11.8. The Bertz CT molecular complexity index is 1310. The molecule has 2 N–H and O–H groups in total. The number of hydrogen-bond donors (Lipinski definition) is 2. The summed E-state index contributed by atoms with van der Waals surface area (Å²) in [6.45, 7) is 3.91. The van der Waals surface area contributed by atoms with Crippen LogP contribution in [0.2, 0.25) is 0 Å². The summed E-state index contributed by atoms with van der Waals surface area (Å²) in [5, 5.41) is 15.0. The van der Waals surface area contributed by atoms with Gasteiger partial charge in [0.25, 0.3) is 5.91 Å². The van der Waals surface area contributed by atoms with Gasteiger partial charge in [0.1, 0.15) is 0 Å². The molecule has 0 aliphatic heterocycles. The Kier molecular flexibility index (Phi) is 7.08. The van der Waals surface area contributed by atoms with Crippen molar-refractivity contribution in [3.63, 3.8) is 0 Å². The molecule has 8 heteroatoms. The van der Waals surface area contributed by atoms with Crippen LogP contribution in [0.5, 0.6) is 0 Å². The zero-order valence-electron chi connectivity index (χ0n) is 19.2. The molecule has 172 valence electrons. The quantitative estimate of drug-likeness (QED) is 0.367. The van der Waals surface area contributed by atoms with Crippen molar-refractivity contribution >= 4 is 35.0 Å². The van der Waals surface area contributed by atoms with Gasteiger partial charge < -0.3 is 15.2 Å². The SMILES string of the molecule is Cc1ccc(NC(=O)CSc2nnc(-c3ccc(NC(=O)c4ccccc4C)cc3)n2C)cc1. The van der Waals surface area contributed by atoms with E-state index in [1.165, 1.54) is 11.8 Å². The predicted octanol–water partition coefficient (Wildman–Crippen LogP) is 5.08. The van der Waals surface area contributed by atoms with Crippen molar-refractivity contribution in [2.75, 3.05) is 16.4 Å². The first-order chi connectivity index (χ1) is 16.4. The lowest BCUT2D eigenvalue weighted by atomic mass is 10.1. The standard InChI is InChI=1S/C26H25N5O2S/c1-17-8-12-20(13-9-17)27-23(32)16-34-26-30-29-24(31(26)3)19-10-14-21(15-11-19)28-25(33)22-7-5-4-6-18(22)2/h4-15H,16H2,1-3H3,(H,27,32)(H,28,33). The number of nitrogens with one attached hydrogen (secondary N) is 2. The van der Waals surface area contributed by atoms with Gasteiger partial charge in [0.2, 0.25) is 5.91 Å². The number of carbonyl (C=O) groups is 2. The van der Waals surface area contributed by atoms with Crippen LogP contribution in [0.1, 0.15) is 21.5 Å². The van der Waals surface area contributed by atoms with Gasteiger partial charge in [-0.2, -0.15) is 0 Å². The lowest BCUT2D eigenvalue weighted by Gasteiger charge is -2.09. The molecule has 7 nitrogen and oxygen atoms in total. The molecule has 0 atom stereocenters. The molecule has 0 spiro atoms. The molecule has 2 amide bonds. The average Bonchev–Trinajstić information content (AvgIpc) is 3.20. The highest BCUT2D eigenvalue weighted by Crippen LogP contribution is 2.24. The number of amides is 2. The van der Waals surface area contributed by atoms with Crippen LogP contribution in [-0.2, 0) is 11.8 Å². The molecule has 3 aromatic carbocycles. The molecule has 34 heavy (non-hydrogen) atoms. The van der Waals surface area contributed by atoms with Crippen molar-refractivity contribution in [2.24, 2.45) is 7.05 Å². The first-order valence-electron chi connectivity index (χ1n) is 10.8. The zero-order chi connectivity index (χ0) is 24.1. The van der Waals surface area contributed by atoms with Gasteiger partial charge in [0, 0.05) is 29.5 Å². The Morgan fingerprint density at radius 2 is 1.50 bits per heavy atom. The summed E-state index contributed by atoms with van der Waals surface area (Å²) >= 11 is 1.32. The topological polar surface area (TPSA) is 88.9 Å². The minimum atomic E-state index is -0.146. The smallest absolute Gasteiger partial charge is 0.255 e. The molecule has 0 aliphatic carbocycles. The Labute approximate surface area is 202 Å². The van der Waals surface area contributed by atoms with E-state index in [2.05, 4.69) is 20.8 Å². The molecule has 1 heterocycles. The fourth-order valence-corrected chi connectivity index (χ4v) is 4.10. The van der Waals surface area contributed by atoms with Crippen LogP contribution in [0.25, 0.3) is 11.4 Å². The van der Waals surface area contributed by atoms with Gasteiger partial charge in [-0.05, 0) is 61.9 Å². The second-order valence-electron chi connectivity index (χ2n) is 7.91. The highest BCUT2D eigenvalue weighted by atomic mass is 32.2. The molecule has 0 bridgehead atoms. The minimum Gasteiger partial charge on any atom is -0.325 e. The number of anilines is 2. The number of nitrogens with zero attached hydrogens (tertiary/aromatic N) is 3. The summed E-state index contributed by atoms with van der Waals surface area (Å²) in [6, 6.07) is 22.6. The fourth-order valence-electron chi connectivity index (χ4n) is 3.38. The first kappa shape index (κ1) is 23.3. The average molecular weight is 472 g/mol. The summed E-state index contributed by atoms with van der Waals surface area (Å²) in [4.78, 5) is 24.8. The minimum absolute atomic E-state index is 0.104. The third-order valence-corrected chi connectivity index (χ3v) is 6.31. The maximum absolute atomic E-state index is 12.5. The van der Waals surface area contributed by atoms with Crippen molar-refractivity contribution in [1.29, 1.82) is 0 Å². The third kappa shape index (κ3) is 5.52. The summed E-state index contributed by atoms with van der Waals surface area (Å²) < 4.78 is 1.85. The number of carbonyl (C=O) groups excluding carboxylic acids is 2. The molecule has 0 fully saturated rings. The van der Waals surface area contributed by atoms with Crippen LogP contribution in [-0.4, -0.2) is 32.3 Å². The van der Waals surface area contributed by atoms with E-state index in [4.69, 9.17) is 0 Å². The van der Waals surface area contributed by atoms with E-state index in [0.29, 0.717) is 22.2 Å². The lowest BCUT2D eigenvalue weighted by molar-refractivity contribution is -0.113. The molecule has 0 aliphatic rings. The molecular weight excluding hydrogens is 446 g/mol. The van der Waals surface area contributed by atoms with E-state index in [9.17, 15) is 9.59 Å². The normalized spacial score (nSPS) is 10.7. The molecule has 4 rings (SSSR count). The number of rotatable bonds is 7. The number of benzene rings is 3. The molecule has 0 saturated heterocycles. The number of thioether (sulfide) groups is 1. The zero-order valence-corrected chi connectivity index (χ0v) is 20.0. The Hall–Kier alpha value is -3.91. The van der Waals surface area contributed by atoms with Gasteiger partial charge >= 0.3 is 0 Å². The van der Waals surface area contributed by atoms with Crippen molar-refractivity contribution in [1.82, 2.24) is 14.8 Å². The molecule has 1 aromatic heterocycles. The van der Waals surface area contributed by atoms with Crippen LogP contribution in [0.15, 0.2) is 78.0 Å². The van der Waals surface area contributed by atoms with Crippen molar-refractivity contribution in [3.8, 4) is 11.4 Å². The van der Waals surface area contributed by atoms with E-state index < -0.39 is 0 Å². The van der Waals surface area contributed by atoms with Crippen LogP contribution < -0.4 is 10.6 Å². The molecule has 0 saturated carbocycles. The summed E-state index contributed by atoms with van der Waals surface area (Å²) in [7, 11) is 1.86. The third-order valence-electron chi connectivity index (χ3n) is 5.29. The van der Waals surface area contributed by atoms with Gasteiger partial charge in [-0.15, -0.1) is 10.2 Å². The maximum Gasteiger partial charge on any atom is 0.255 e. The van der Waals surface area contributed by atoms with E-state index in [1.54, 1.807) is 6.07 Å². The van der Waals surface area contributed by atoms with Crippen molar-refractivity contribution in [2.45, 2.75) is 19.0 Å². The fraction of sp³-hybridized carbons (Fsp3) is 0.154. The summed E-state index contributed by atoms with van der Waals surface area (Å²) in [6.07, 6.45) is 0.